The number of nitro groups is 1. The van der Waals surface area contributed by atoms with Crippen LogP contribution in [-0.4, -0.2) is 16.4 Å². The minimum absolute atomic E-state index is 0.000922. The van der Waals surface area contributed by atoms with Gasteiger partial charge < -0.3 is 11.1 Å². The summed E-state index contributed by atoms with van der Waals surface area (Å²) in [5.41, 5.74) is 3.30. The molecule has 1 aromatic rings. The maximum atomic E-state index is 13.5. The third-order valence-corrected chi connectivity index (χ3v) is 3.40. The maximum absolute atomic E-state index is 13.5. The van der Waals surface area contributed by atoms with E-state index in [1.165, 1.54) is 6.92 Å². The number of nitrogens with one attached hydrogen (secondary N) is 1. The van der Waals surface area contributed by atoms with E-state index in [1.807, 2.05) is 0 Å². The predicted molar refractivity (Wildman–Crippen MR) is 67.0 cm³/mol. The van der Waals surface area contributed by atoms with Crippen molar-refractivity contribution in [3.8, 4) is 0 Å². The summed E-state index contributed by atoms with van der Waals surface area (Å²) in [6.07, 6.45) is 1.60. The van der Waals surface area contributed by atoms with Gasteiger partial charge in [0.1, 0.15) is 5.82 Å². The monoisotopic (exact) mass is 285 g/mol. The van der Waals surface area contributed by atoms with Crippen molar-refractivity contribution in [1.82, 2.24) is 0 Å². The van der Waals surface area contributed by atoms with Gasteiger partial charge >= 0.3 is 5.69 Å². The Morgan fingerprint density at radius 3 is 2.55 bits per heavy atom. The van der Waals surface area contributed by atoms with E-state index in [9.17, 15) is 23.7 Å². The van der Waals surface area contributed by atoms with Crippen molar-refractivity contribution in [3.63, 3.8) is 0 Å². The summed E-state index contributed by atoms with van der Waals surface area (Å²) in [5.74, 6) is -3.04. The van der Waals surface area contributed by atoms with E-state index in [1.54, 1.807) is 0 Å². The number of carbonyl (C=O) groups excluding carboxylic acids is 1. The first kappa shape index (κ1) is 14.3. The Kier molecular flexibility index (Phi) is 3.43. The molecule has 3 N–H and O–H groups in total. The van der Waals surface area contributed by atoms with Crippen molar-refractivity contribution < 1.29 is 18.5 Å². The first-order chi connectivity index (χ1) is 9.23. The van der Waals surface area contributed by atoms with Crippen LogP contribution >= 0.6 is 0 Å². The van der Waals surface area contributed by atoms with Gasteiger partial charge in [-0.25, -0.2) is 4.39 Å². The summed E-state index contributed by atoms with van der Waals surface area (Å²) in [5, 5.41) is 12.8. The van der Waals surface area contributed by atoms with Gasteiger partial charge in [-0.1, -0.05) is 0 Å². The number of anilines is 1. The molecule has 1 aliphatic rings. The van der Waals surface area contributed by atoms with E-state index in [0.29, 0.717) is 12.1 Å². The van der Waals surface area contributed by atoms with Gasteiger partial charge in [-0.2, -0.15) is 4.39 Å². The third kappa shape index (κ3) is 2.60. The van der Waals surface area contributed by atoms with E-state index in [-0.39, 0.29) is 5.92 Å². The van der Waals surface area contributed by atoms with E-state index >= 15 is 0 Å². The molecule has 20 heavy (non-hydrogen) atoms. The molecule has 6 nitrogen and oxygen atoms in total. The normalized spacial score (nSPS) is 17.4. The Morgan fingerprint density at radius 1 is 1.45 bits per heavy atom. The van der Waals surface area contributed by atoms with Crippen LogP contribution in [0.1, 0.15) is 19.8 Å². The zero-order valence-corrected chi connectivity index (χ0v) is 10.7. The molecule has 1 unspecified atom stereocenters. The number of nitrogens with zero attached hydrogens (tertiary/aromatic N) is 1. The first-order valence-electron chi connectivity index (χ1n) is 5.97. The lowest BCUT2D eigenvalue weighted by Gasteiger charge is -2.23. The van der Waals surface area contributed by atoms with Crippen LogP contribution in [0.15, 0.2) is 12.1 Å². The van der Waals surface area contributed by atoms with Crippen molar-refractivity contribution in [1.29, 1.82) is 0 Å². The minimum atomic E-state index is -1.30. The Balaban J connectivity index is 2.27. The number of carbonyl (C=O) groups is 1. The van der Waals surface area contributed by atoms with Crippen LogP contribution in [0.5, 0.6) is 0 Å². The summed E-state index contributed by atoms with van der Waals surface area (Å²) in [7, 11) is 0. The van der Waals surface area contributed by atoms with Gasteiger partial charge in [-0.05, 0) is 25.7 Å². The number of nitrogens with two attached hydrogens (primary N) is 1. The first-order valence-corrected chi connectivity index (χ1v) is 5.97. The number of nitro benzene ring substituents is 1. The van der Waals surface area contributed by atoms with Crippen molar-refractivity contribution >= 4 is 17.3 Å². The fourth-order valence-electron chi connectivity index (χ4n) is 1.90. The van der Waals surface area contributed by atoms with E-state index in [0.717, 1.165) is 12.8 Å². The number of halogens is 2. The van der Waals surface area contributed by atoms with E-state index in [2.05, 4.69) is 5.32 Å². The molecule has 1 aromatic carbocycles. The minimum Gasteiger partial charge on any atom is -0.322 e. The molecule has 0 aliphatic heterocycles. The van der Waals surface area contributed by atoms with Gasteiger partial charge in [-0.15, -0.1) is 0 Å². The quantitative estimate of drug-likeness (QED) is 0.652. The summed E-state index contributed by atoms with van der Waals surface area (Å²) in [4.78, 5) is 21.6. The van der Waals surface area contributed by atoms with E-state index < -0.39 is 39.4 Å². The number of benzene rings is 1. The fraction of sp³-hybridized carbons (Fsp3) is 0.417. The molecule has 1 amide bonds. The molecule has 0 radical (unpaired) electrons. The van der Waals surface area contributed by atoms with Crippen molar-refractivity contribution in [2.24, 2.45) is 11.7 Å². The average Bonchev–Trinajstić information content (AvgIpc) is 3.15. The smallest absolute Gasteiger partial charge is 0.307 e. The zero-order chi connectivity index (χ0) is 15.1. The molecule has 1 atom stereocenters. The van der Waals surface area contributed by atoms with Crippen molar-refractivity contribution in [3.05, 3.63) is 33.9 Å². The van der Waals surface area contributed by atoms with E-state index in [4.69, 9.17) is 5.73 Å². The average molecular weight is 285 g/mol. The van der Waals surface area contributed by atoms with Crippen molar-refractivity contribution in [2.45, 2.75) is 25.3 Å². The highest BCUT2D eigenvalue weighted by Crippen LogP contribution is 2.38. The summed E-state index contributed by atoms with van der Waals surface area (Å²) in [6, 6.07) is 1.00. The number of hydrogen-bond acceptors (Lipinski definition) is 4. The highest BCUT2D eigenvalue weighted by molar-refractivity contribution is 5.98. The molecular formula is C12H13F2N3O3. The second kappa shape index (κ2) is 4.78. The summed E-state index contributed by atoms with van der Waals surface area (Å²) < 4.78 is 26.7. The van der Waals surface area contributed by atoms with Crippen LogP contribution in [0.3, 0.4) is 0 Å². The Labute approximate surface area is 113 Å². The van der Waals surface area contributed by atoms with Gasteiger partial charge in [0.05, 0.1) is 16.1 Å². The molecule has 108 valence electrons. The van der Waals surface area contributed by atoms with Crippen LogP contribution < -0.4 is 11.1 Å². The summed E-state index contributed by atoms with van der Waals surface area (Å²) >= 11 is 0. The van der Waals surface area contributed by atoms with Crippen LogP contribution in [0, 0.1) is 27.7 Å². The largest absolute Gasteiger partial charge is 0.322 e. The number of amides is 1. The molecule has 0 heterocycles. The Morgan fingerprint density at radius 2 is 2.05 bits per heavy atom. The Hall–Kier alpha value is -2.09. The Bertz CT molecular complexity index is 586. The fourth-order valence-corrected chi connectivity index (χ4v) is 1.90. The van der Waals surface area contributed by atoms with Crippen molar-refractivity contribution in [2.75, 3.05) is 5.32 Å². The molecule has 1 aliphatic carbocycles. The topological polar surface area (TPSA) is 98.3 Å². The second-order valence-corrected chi connectivity index (χ2v) is 5.05. The van der Waals surface area contributed by atoms with Crippen LogP contribution in [0.2, 0.25) is 0 Å². The van der Waals surface area contributed by atoms with Gasteiger partial charge in [0.15, 0.2) is 0 Å². The molecule has 0 bridgehead atoms. The van der Waals surface area contributed by atoms with Gasteiger partial charge in [0.25, 0.3) is 0 Å². The van der Waals surface area contributed by atoms with Gasteiger partial charge in [-0.3, -0.25) is 14.9 Å². The van der Waals surface area contributed by atoms with Gasteiger partial charge in [0, 0.05) is 12.1 Å². The highest BCUT2D eigenvalue weighted by atomic mass is 19.1. The standard InChI is InChI=1S/C12H13F2N3O3/c1-12(15,6-2-3-6)11(18)16-9-5-10(17(19)20)8(14)4-7(9)13/h4-6H,2-3,15H2,1H3,(H,16,18). The predicted octanol–water partition coefficient (Wildman–Crippen LogP) is 1.94. The molecule has 0 saturated heterocycles. The number of hydrogen-bond donors (Lipinski definition) is 2. The molecule has 1 saturated carbocycles. The molecular weight excluding hydrogens is 272 g/mol. The number of rotatable bonds is 4. The molecule has 0 spiro atoms. The lowest BCUT2D eigenvalue weighted by Crippen LogP contribution is -2.50. The zero-order valence-electron chi connectivity index (χ0n) is 10.7. The van der Waals surface area contributed by atoms with Crippen LogP contribution in [0.4, 0.5) is 20.2 Å². The molecule has 1 fully saturated rings. The summed E-state index contributed by atoms with van der Waals surface area (Å²) in [6.45, 7) is 1.51. The molecule has 0 aromatic heterocycles. The molecule has 2 rings (SSSR count). The molecule has 8 heteroatoms. The highest BCUT2D eigenvalue weighted by Gasteiger charge is 2.44. The maximum Gasteiger partial charge on any atom is 0.307 e. The second-order valence-electron chi connectivity index (χ2n) is 5.05. The van der Waals surface area contributed by atoms with Gasteiger partial charge in [0.2, 0.25) is 11.7 Å². The SMILES string of the molecule is CC(N)(C(=O)Nc1cc([N+](=O)[O-])c(F)cc1F)C1CC1. The van der Waals surface area contributed by atoms with Crippen LogP contribution in [0.25, 0.3) is 0 Å². The lowest BCUT2D eigenvalue weighted by molar-refractivity contribution is -0.387. The third-order valence-electron chi connectivity index (χ3n) is 3.40. The van der Waals surface area contributed by atoms with Crippen LogP contribution in [-0.2, 0) is 4.79 Å². The lowest BCUT2D eigenvalue weighted by atomic mass is 9.96.